The van der Waals surface area contributed by atoms with Crippen LogP contribution in [-0.2, 0) is 0 Å². The highest BCUT2D eigenvalue weighted by molar-refractivity contribution is 9.11. The summed E-state index contributed by atoms with van der Waals surface area (Å²) in [6.07, 6.45) is 0. The molecule has 0 fully saturated rings. The molecule has 0 aliphatic heterocycles. The average Bonchev–Trinajstić information content (AvgIpc) is 2.84. The van der Waals surface area contributed by atoms with Crippen LogP contribution in [0.2, 0.25) is 0 Å². The van der Waals surface area contributed by atoms with Gasteiger partial charge in [0.25, 0.3) is 0 Å². The van der Waals surface area contributed by atoms with Crippen LogP contribution in [0.1, 0.15) is 0 Å². The monoisotopic (exact) mass is 479 g/mol. The molecule has 0 radical (unpaired) electrons. The van der Waals surface area contributed by atoms with E-state index in [-0.39, 0.29) is 0 Å². The molecule has 2 nitrogen and oxygen atoms in total. The predicted molar refractivity (Wildman–Crippen MR) is 100 cm³/mol. The van der Waals surface area contributed by atoms with Crippen molar-refractivity contribution >= 4 is 69.7 Å². The van der Waals surface area contributed by atoms with Gasteiger partial charge >= 0.3 is 0 Å². The van der Waals surface area contributed by atoms with E-state index >= 15 is 0 Å². The Kier molecular flexibility index (Phi) is 3.59. The van der Waals surface area contributed by atoms with Crippen LogP contribution in [0.25, 0.3) is 33.1 Å². The lowest BCUT2D eigenvalue weighted by Gasteiger charge is -2.07. The van der Waals surface area contributed by atoms with Gasteiger partial charge in [-0.25, -0.2) is 4.98 Å². The third-order valence-corrected chi connectivity index (χ3v) is 5.02. The molecular formula is C17H8Br3NO. The van der Waals surface area contributed by atoms with Gasteiger partial charge in [0.2, 0.25) is 0 Å². The topological polar surface area (TPSA) is 26.0 Å². The Hall–Kier alpha value is -1.17. The number of aromatic nitrogens is 1. The second kappa shape index (κ2) is 5.48. The van der Waals surface area contributed by atoms with Crippen LogP contribution in [0.5, 0.6) is 0 Å². The lowest BCUT2D eigenvalue weighted by molar-refractivity contribution is 0.670. The number of hydrogen-bond donors (Lipinski definition) is 0. The summed E-state index contributed by atoms with van der Waals surface area (Å²) in [5.74, 6) is 0. The molecule has 2 heterocycles. The van der Waals surface area contributed by atoms with Crippen molar-refractivity contribution in [2.45, 2.75) is 0 Å². The zero-order valence-electron chi connectivity index (χ0n) is 11.1. The quantitative estimate of drug-likeness (QED) is 0.275. The molecule has 0 amide bonds. The number of pyridine rings is 1. The molecule has 0 atom stereocenters. The Labute approximate surface area is 151 Å². The fourth-order valence-electron chi connectivity index (χ4n) is 2.64. The van der Waals surface area contributed by atoms with E-state index in [0.29, 0.717) is 0 Å². The van der Waals surface area contributed by atoms with Gasteiger partial charge in [0.1, 0.15) is 20.4 Å². The second-order valence-electron chi connectivity index (χ2n) is 4.90. The number of benzene rings is 2. The molecule has 0 aliphatic rings. The fraction of sp³-hybridized carbons (Fsp3) is 0. The first-order valence-corrected chi connectivity index (χ1v) is 8.94. The van der Waals surface area contributed by atoms with Gasteiger partial charge < -0.3 is 4.42 Å². The van der Waals surface area contributed by atoms with E-state index in [1.54, 1.807) is 0 Å². The minimum atomic E-state index is 0.775. The van der Waals surface area contributed by atoms with E-state index in [9.17, 15) is 0 Å². The molecule has 0 saturated carbocycles. The van der Waals surface area contributed by atoms with E-state index in [4.69, 9.17) is 4.42 Å². The molecule has 0 N–H and O–H groups in total. The highest BCUT2D eigenvalue weighted by Crippen LogP contribution is 2.41. The summed E-state index contributed by atoms with van der Waals surface area (Å²) in [4.78, 5) is 4.30. The molecule has 4 rings (SSSR count). The van der Waals surface area contributed by atoms with Gasteiger partial charge in [0.15, 0.2) is 0 Å². The van der Waals surface area contributed by atoms with E-state index < -0.39 is 0 Å². The van der Waals surface area contributed by atoms with Crippen LogP contribution < -0.4 is 0 Å². The zero-order valence-corrected chi connectivity index (χ0v) is 15.9. The summed E-state index contributed by atoms with van der Waals surface area (Å²) in [7, 11) is 0. The van der Waals surface area contributed by atoms with Crippen molar-refractivity contribution in [3.63, 3.8) is 0 Å². The number of nitrogens with zero attached hydrogens (tertiary/aromatic N) is 1. The third kappa shape index (κ3) is 2.32. The first-order chi connectivity index (χ1) is 10.6. The number of fused-ring (bicyclic) bond motifs is 3. The summed E-state index contributed by atoms with van der Waals surface area (Å²) in [5.41, 5.74) is 3.83. The molecule has 108 valence electrons. The van der Waals surface area contributed by atoms with Gasteiger partial charge in [0, 0.05) is 20.8 Å². The molecule has 0 saturated heterocycles. The fourth-order valence-corrected chi connectivity index (χ4v) is 4.30. The Morgan fingerprint density at radius 2 is 1.55 bits per heavy atom. The maximum Gasteiger partial charge on any atom is 0.144 e. The highest BCUT2D eigenvalue weighted by Gasteiger charge is 2.16. The summed E-state index contributed by atoms with van der Waals surface area (Å²) in [5, 5.41) is 2.23. The SMILES string of the molecule is Brc1cc(-c2c(Br)ccc3c2oc2ccccc23)cc(Br)n1. The van der Waals surface area contributed by atoms with Crippen LogP contribution in [0, 0.1) is 0 Å². The van der Waals surface area contributed by atoms with Crippen molar-refractivity contribution in [2.75, 3.05) is 0 Å². The maximum atomic E-state index is 6.12. The number of halogens is 3. The van der Waals surface area contributed by atoms with Crippen LogP contribution in [-0.4, -0.2) is 4.98 Å². The Balaban J connectivity index is 2.14. The summed E-state index contributed by atoms with van der Waals surface area (Å²) < 4.78 is 8.66. The lowest BCUT2D eigenvalue weighted by atomic mass is 10.0. The van der Waals surface area contributed by atoms with Crippen molar-refractivity contribution in [3.8, 4) is 11.1 Å². The highest BCUT2D eigenvalue weighted by atomic mass is 79.9. The predicted octanol–water partition coefficient (Wildman–Crippen LogP) is 6.94. The minimum absolute atomic E-state index is 0.775. The van der Waals surface area contributed by atoms with Crippen LogP contribution in [0.4, 0.5) is 0 Å². The molecule has 5 heteroatoms. The van der Waals surface area contributed by atoms with Crippen LogP contribution in [0.3, 0.4) is 0 Å². The molecule has 0 unspecified atom stereocenters. The zero-order chi connectivity index (χ0) is 15.3. The van der Waals surface area contributed by atoms with Crippen molar-refractivity contribution < 1.29 is 4.42 Å². The largest absolute Gasteiger partial charge is 0.455 e. The Bertz CT molecular complexity index is 1000. The van der Waals surface area contributed by atoms with Gasteiger partial charge in [-0.05, 0) is 67.8 Å². The second-order valence-corrected chi connectivity index (χ2v) is 7.38. The molecule has 0 spiro atoms. The van der Waals surface area contributed by atoms with Gasteiger partial charge in [0.05, 0.1) is 0 Å². The summed E-state index contributed by atoms with van der Waals surface area (Å²) in [6, 6.07) is 16.2. The molecule has 0 bridgehead atoms. The van der Waals surface area contributed by atoms with Gasteiger partial charge in [-0.1, -0.05) is 34.1 Å². The van der Waals surface area contributed by atoms with Gasteiger partial charge in [-0.15, -0.1) is 0 Å². The van der Waals surface area contributed by atoms with Crippen molar-refractivity contribution in [1.82, 2.24) is 4.98 Å². The van der Waals surface area contributed by atoms with Crippen molar-refractivity contribution in [1.29, 1.82) is 0 Å². The van der Waals surface area contributed by atoms with E-state index in [0.717, 1.165) is 46.7 Å². The lowest BCUT2D eigenvalue weighted by Crippen LogP contribution is -1.85. The smallest absolute Gasteiger partial charge is 0.144 e. The standard InChI is InChI=1S/C17H8Br3NO/c18-12-6-5-11-10-3-1-2-4-13(10)22-17(11)16(12)9-7-14(19)21-15(20)8-9/h1-8H. The Morgan fingerprint density at radius 1 is 0.818 bits per heavy atom. The number of furan rings is 1. The van der Waals surface area contributed by atoms with Gasteiger partial charge in [-0.2, -0.15) is 0 Å². The first kappa shape index (κ1) is 14.4. The average molecular weight is 482 g/mol. The Morgan fingerprint density at radius 3 is 2.32 bits per heavy atom. The molecule has 0 aliphatic carbocycles. The number of rotatable bonds is 1. The summed E-state index contributed by atoms with van der Waals surface area (Å²) in [6.45, 7) is 0. The van der Waals surface area contributed by atoms with E-state index in [1.165, 1.54) is 0 Å². The molecule has 2 aromatic heterocycles. The first-order valence-electron chi connectivity index (χ1n) is 6.57. The molecule has 2 aromatic carbocycles. The normalized spacial score (nSPS) is 11.4. The van der Waals surface area contributed by atoms with E-state index in [1.807, 2.05) is 30.3 Å². The molecule has 4 aromatic rings. The number of para-hydroxylation sites is 1. The van der Waals surface area contributed by atoms with Crippen molar-refractivity contribution in [3.05, 3.63) is 62.2 Å². The minimum Gasteiger partial charge on any atom is -0.455 e. The summed E-state index contributed by atoms with van der Waals surface area (Å²) >= 11 is 10.5. The molecule has 22 heavy (non-hydrogen) atoms. The maximum absolute atomic E-state index is 6.12. The van der Waals surface area contributed by atoms with Crippen LogP contribution >= 0.6 is 47.8 Å². The van der Waals surface area contributed by atoms with Crippen LogP contribution in [0.15, 0.2) is 66.6 Å². The van der Waals surface area contributed by atoms with Gasteiger partial charge in [-0.3, -0.25) is 0 Å². The van der Waals surface area contributed by atoms with Crippen molar-refractivity contribution in [2.24, 2.45) is 0 Å². The molecular weight excluding hydrogens is 474 g/mol. The number of hydrogen-bond acceptors (Lipinski definition) is 2. The van der Waals surface area contributed by atoms with E-state index in [2.05, 4.69) is 71.0 Å². The third-order valence-electron chi connectivity index (χ3n) is 3.55.